The Morgan fingerprint density at radius 3 is 2.31 bits per heavy atom. The summed E-state index contributed by atoms with van der Waals surface area (Å²) in [6.45, 7) is 18.8. The Balaban J connectivity index is 2.52. The Bertz CT molecular complexity index is 504. The van der Waals surface area contributed by atoms with Gasteiger partial charge in [-0.05, 0) is 82.1 Å². The normalized spacial score (nSPS) is 21.8. The summed E-state index contributed by atoms with van der Waals surface area (Å²) in [5, 5.41) is 4.03. The summed E-state index contributed by atoms with van der Waals surface area (Å²) >= 11 is 0. The third-order valence-electron chi connectivity index (χ3n) is 7.74. The fourth-order valence-electron chi connectivity index (χ4n) is 4.69. The second kappa shape index (κ2) is 15.5. The fourth-order valence-corrected chi connectivity index (χ4v) is 6.09. The van der Waals surface area contributed by atoms with E-state index in [9.17, 15) is 4.79 Å². The molecule has 1 aliphatic carbocycles. The zero-order valence-electron chi connectivity index (χ0n) is 22.6. The molecule has 0 saturated heterocycles. The van der Waals surface area contributed by atoms with Gasteiger partial charge in [0.1, 0.15) is 0 Å². The first-order valence-electron chi connectivity index (χ1n) is 13.7. The molecular formula is C27H55NO3Si. The van der Waals surface area contributed by atoms with Crippen LogP contribution in [0, 0.1) is 11.8 Å². The van der Waals surface area contributed by atoms with Gasteiger partial charge in [0.15, 0.2) is 8.32 Å². The van der Waals surface area contributed by atoms with Gasteiger partial charge in [0.2, 0.25) is 0 Å². The molecule has 1 rings (SSSR count). The quantitative estimate of drug-likeness (QED) is 0.136. The van der Waals surface area contributed by atoms with Crippen LogP contribution in [-0.2, 0) is 14.0 Å². The minimum Gasteiger partial charge on any atom is -0.466 e. The average molecular weight is 470 g/mol. The molecule has 190 valence electrons. The molecule has 3 atom stereocenters. The van der Waals surface area contributed by atoms with Crippen molar-refractivity contribution in [3.8, 4) is 0 Å². The topological polar surface area (TPSA) is 47.6 Å². The second-order valence-corrected chi connectivity index (χ2v) is 16.2. The van der Waals surface area contributed by atoms with E-state index < -0.39 is 8.32 Å². The number of unbranched alkanes of at least 4 members (excludes halogenated alkanes) is 6. The number of rotatable bonds is 17. The molecule has 5 heteroatoms. The summed E-state index contributed by atoms with van der Waals surface area (Å²) in [7, 11) is -1.75. The minimum atomic E-state index is -1.75. The van der Waals surface area contributed by atoms with Crippen molar-refractivity contribution in [1.29, 1.82) is 0 Å². The maximum Gasteiger partial charge on any atom is 0.305 e. The number of ether oxygens (including phenoxy) is 1. The third kappa shape index (κ3) is 11.2. The molecule has 0 amide bonds. The van der Waals surface area contributed by atoms with E-state index in [2.05, 4.69) is 46.1 Å². The molecule has 1 aliphatic rings. The molecule has 0 aliphatic heterocycles. The van der Waals surface area contributed by atoms with E-state index in [1.54, 1.807) is 0 Å². The summed E-state index contributed by atoms with van der Waals surface area (Å²) in [5.41, 5.74) is 0. The number of nitrogens with one attached hydrogen (secondary N) is 1. The minimum absolute atomic E-state index is 0.0452. The van der Waals surface area contributed by atoms with E-state index in [0.29, 0.717) is 25.0 Å². The lowest BCUT2D eigenvalue weighted by atomic mass is 9.89. The summed E-state index contributed by atoms with van der Waals surface area (Å²) in [5.74, 6) is 1.38. The van der Waals surface area contributed by atoms with Crippen LogP contribution in [0.2, 0.25) is 18.1 Å². The van der Waals surface area contributed by atoms with Gasteiger partial charge in [-0.2, -0.15) is 0 Å². The monoisotopic (exact) mass is 469 g/mol. The molecule has 4 nitrogen and oxygen atoms in total. The smallest absolute Gasteiger partial charge is 0.305 e. The van der Waals surface area contributed by atoms with Gasteiger partial charge in [-0.25, -0.2) is 0 Å². The van der Waals surface area contributed by atoms with E-state index in [1.807, 2.05) is 6.92 Å². The van der Waals surface area contributed by atoms with Crippen molar-refractivity contribution in [3.63, 3.8) is 0 Å². The average Bonchev–Trinajstić information content (AvgIpc) is 3.07. The highest BCUT2D eigenvalue weighted by Gasteiger charge is 2.44. The highest BCUT2D eigenvalue weighted by atomic mass is 28.4. The standard InChI is InChI=1S/C27H55NO3Si/c1-8-10-11-16-21-28-22-23-19-20-25(31-32(6,7)27(3,4)5)24(23)17-14-12-13-15-18-26(29)30-9-2/h23-25,28H,8-22H2,1-7H3/t23-,24-,25-/m1/s1. The molecule has 0 radical (unpaired) electrons. The van der Waals surface area contributed by atoms with Gasteiger partial charge in [-0.1, -0.05) is 66.2 Å². The van der Waals surface area contributed by atoms with Crippen LogP contribution in [0.4, 0.5) is 0 Å². The maximum atomic E-state index is 11.5. The molecule has 1 fully saturated rings. The zero-order valence-corrected chi connectivity index (χ0v) is 23.6. The fraction of sp³-hybridized carbons (Fsp3) is 0.963. The lowest BCUT2D eigenvalue weighted by Crippen LogP contribution is -2.45. The van der Waals surface area contributed by atoms with Crippen LogP contribution in [0.5, 0.6) is 0 Å². The lowest BCUT2D eigenvalue weighted by molar-refractivity contribution is -0.143. The molecule has 0 unspecified atom stereocenters. The van der Waals surface area contributed by atoms with Crippen molar-refractivity contribution in [1.82, 2.24) is 5.32 Å². The molecular weight excluding hydrogens is 414 g/mol. The Kier molecular flexibility index (Phi) is 14.4. The van der Waals surface area contributed by atoms with Gasteiger partial charge in [0.05, 0.1) is 6.61 Å². The maximum absolute atomic E-state index is 11.5. The summed E-state index contributed by atoms with van der Waals surface area (Å²) in [4.78, 5) is 11.5. The first-order chi connectivity index (χ1) is 15.1. The van der Waals surface area contributed by atoms with Crippen molar-refractivity contribution in [2.45, 2.75) is 136 Å². The SMILES string of the molecule is CCCCCCNC[C@H]1CC[C@@H](O[Si](C)(C)C(C)(C)C)[C@@H]1CCCCCCC(=O)OCC. The highest BCUT2D eigenvalue weighted by molar-refractivity contribution is 6.74. The van der Waals surface area contributed by atoms with Crippen LogP contribution in [0.3, 0.4) is 0 Å². The Morgan fingerprint density at radius 2 is 1.66 bits per heavy atom. The molecule has 0 aromatic heterocycles. The van der Waals surface area contributed by atoms with Gasteiger partial charge in [-0.3, -0.25) is 4.79 Å². The molecule has 0 heterocycles. The third-order valence-corrected chi connectivity index (χ3v) is 12.2. The molecule has 1 N–H and O–H groups in total. The van der Waals surface area contributed by atoms with Gasteiger partial charge in [0, 0.05) is 12.5 Å². The van der Waals surface area contributed by atoms with Crippen molar-refractivity contribution in [2.24, 2.45) is 11.8 Å². The van der Waals surface area contributed by atoms with E-state index in [1.165, 1.54) is 57.8 Å². The van der Waals surface area contributed by atoms with Crippen molar-refractivity contribution < 1.29 is 14.0 Å². The van der Waals surface area contributed by atoms with Gasteiger partial charge in [-0.15, -0.1) is 0 Å². The number of carbonyl (C=O) groups is 1. The van der Waals surface area contributed by atoms with E-state index in [4.69, 9.17) is 9.16 Å². The number of carbonyl (C=O) groups excluding carboxylic acids is 1. The first kappa shape index (κ1) is 29.6. The molecule has 1 saturated carbocycles. The van der Waals surface area contributed by atoms with Crippen molar-refractivity contribution in [3.05, 3.63) is 0 Å². The van der Waals surface area contributed by atoms with E-state index >= 15 is 0 Å². The number of hydrogen-bond donors (Lipinski definition) is 1. The van der Waals surface area contributed by atoms with E-state index in [-0.39, 0.29) is 11.0 Å². The van der Waals surface area contributed by atoms with Crippen LogP contribution in [0.15, 0.2) is 0 Å². The van der Waals surface area contributed by atoms with Gasteiger partial charge < -0.3 is 14.5 Å². The Morgan fingerprint density at radius 1 is 0.969 bits per heavy atom. The molecule has 32 heavy (non-hydrogen) atoms. The largest absolute Gasteiger partial charge is 0.466 e. The van der Waals surface area contributed by atoms with Crippen LogP contribution >= 0.6 is 0 Å². The molecule has 0 bridgehead atoms. The Hall–Kier alpha value is -0.393. The van der Waals surface area contributed by atoms with Crippen LogP contribution in [0.25, 0.3) is 0 Å². The number of hydrogen-bond acceptors (Lipinski definition) is 4. The van der Waals surface area contributed by atoms with Crippen LogP contribution < -0.4 is 5.32 Å². The second-order valence-electron chi connectivity index (χ2n) is 11.4. The summed E-state index contributed by atoms with van der Waals surface area (Å²) < 4.78 is 12.0. The van der Waals surface area contributed by atoms with Gasteiger partial charge in [0.25, 0.3) is 0 Å². The highest BCUT2D eigenvalue weighted by Crippen LogP contribution is 2.43. The molecule has 0 aromatic carbocycles. The number of esters is 1. The molecule has 0 aromatic rings. The summed E-state index contributed by atoms with van der Waals surface area (Å²) in [6.07, 6.45) is 14.6. The predicted octanol–water partition coefficient (Wildman–Crippen LogP) is 7.48. The lowest BCUT2D eigenvalue weighted by Gasteiger charge is -2.40. The van der Waals surface area contributed by atoms with Crippen LogP contribution in [0.1, 0.15) is 112 Å². The van der Waals surface area contributed by atoms with Gasteiger partial charge >= 0.3 is 5.97 Å². The predicted molar refractivity (Wildman–Crippen MR) is 140 cm³/mol. The van der Waals surface area contributed by atoms with Crippen molar-refractivity contribution in [2.75, 3.05) is 19.7 Å². The van der Waals surface area contributed by atoms with Crippen molar-refractivity contribution >= 4 is 14.3 Å². The van der Waals surface area contributed by atoms with E-state index in [0.717, 1.165) is 31.8 Å². The first-order valence-corrected chi connectivity index (χ1v) is 16.6. The zero-order chi connectivity index (χ0) is 24.0. The van der Waals surface area contributed by atoms with Crippen LogP contribution in [-0.4, -0.2) is 40.1 Å². The summed E-state index contributed by atoms with van der Waals surface area (Å²) in [6, 6.07) is 0. The Labute approximate surface area is 201 Å². The molecule has 0 spiro atoms.